The summed E-state index contributed by atoms with van der Waals surface area (Å²) in [7, 11) is -3.64. The van der Waals surface area contributed by atoms with Gasteiger partial charge in [-0.3, -0.25) is 14.5 Å². The van der Waals surface area contributed by atoms with Gasteiger partial charge in [0.25, 0.3) is 5.91 Å². The smallest absolute Gasteiger partial charge is 0.289 e. The molecular weight excluding hydrogens is 448 g/mol. The number of hydrogen-bond donors (Lipinski definition) is 1. The molecule has 0 atom stereocenters. The van der Waals surface area contributed by atoms with Gasteiger partial charge in [0, 0.05) is 45.0 Å². The van der Waals surface area contributed by atoms with E-state index in [0.717, 1.165) is 0 Å². The number of morpholine rings is 1. The van der Waals surface area contributed by atoms with E-state index in [1.165, 1.54) is 16.4 Å². The van der Waals surface area contributed by atoms with E-state index in [9.17, 15) is 18.0 Å². The van der Waals surface area contributed by atoms with Crippen LogP contribution in [0.1, 0.15) is 16.3 Å². The van der Waals surface area contributed by atoms with Crippen molar-refractivity contribution < 1.29 is 27.2 Å². The second-order valence-electron chi connectivity index (χ2n) is 8.07. The predicted molar refractivity (Wildman–Crippen MR) is 120 cm³/mol. The number of carbonyl (C=O) groups excluding carboxylic acids is 2. The summed E-state index contributed by atoms with van der Waals surface area (Å²) >= 11 is 0. The zero-order valence-corrected chi connectivity index (χ0v) is 19.3. The normalized spacial score (nSPS) is 18.3. The summed E-state index contributed by atoms with van der Waals surface area (Å²) in [5.74, 6) is 0.629. The number of hydrogen-bond acceptors (Lipinski definition) is 7. The van der Waals surface area contributed by atoms with Gasteiger partial charge in [0.2, 0.25) is 15.9 Å². The first kappa shape index (κ1) is 23.4. The van der Waals surface area contributed by atoms with Gasteiger partial charge in [0.1, 0.15) is 5.76 Å². The van der Waals surface area contributed by atoms with E-state index in [4.69, 9.17) is 9.15 Å². The minimum Gasteiger partial charge on any atom is -0.456 e. The topological polar surface area (TPSA) is 112 Å². The third kappa shape index (κ3) is 5.61. The van der Waals surface area contributed by atoms with Crippen molar-refractivity contribution in [1.82, 2.24) is 14.1 Å². The van der Waals surface area contributed by atoms with Crippen molar-refractivity contribution in [2.45, 2.75) is 11.8 Å². The highest BCUT2D eigenvalue weighted by Gasteiger charge is 2.27. The fraction of sp³-hybridized carbons (Fsp3) is 0.455. The van der Waals surface area contributed by atoms with Crippen molar-refractivity contribution in [3.05, 3.63) is 47.9 Å². The van der Waals surface area contributed by atoms with Crippen molar-refractivity contribution >= 4 is 27.5 Å². The van der Waals surface area contributed by atoms with Crippen LogP contribution in [-0.2, 0) is 19.6 Å². The minimum absolute atomic E-state index is 0.141. The maximum absolute atomic E-state index is 12.8. The SMILES string of the molecule is Cc1ccc(C(=O)N2CCN(CC(=O)Nc3cccc(S(=O)(=O)N4CCOCC4)c3)CC2)o1. The maximum Gasteiger partial charge on any atom is 0.289 e. The molecule has 2 aliphatic rings. The molecule has 0 aliphatic carbocycles. The molecule has 10 nitrogen and oxygen atoms in total. The van der Waals surface area contributed by atoms with Gasteiger partial charge in [0.15, 0.2) is 5.76 Å². The number of furan rings is 1. The van der Waals surface area contributed by atoms with Crippen molar-refractivity contribution in [1.29, 1.82) is 0 Å². The average molecular weight is 477 g/mol. The van der Waals surface area contributed by atoms with Gasteiger partial charge in [-0.1, -0.05) is 6.07 Å². The summed E-state index contributed by atoms with van der Waals surface area (Å²) in [5, 5.41) is 2.78. The summed E-state index contributed by atoms with van der Waals surface area (Å²) in [4.78, 5) is 28.9. The number of carbonyl (C=O) groups is 2. The molecule has 33 heavy (non-hydrogen) atoms. The van der Waals surface area contributed by atoms with Crippen LogP contribution in [0.5, 0.6) is 0 Å². The molecule has 2 saturated heterocycles. The molecule has 2 aliphatic heterocycles. The van der Waals surface area contributed by atoms with Crippen molar-refractivity contribution in [3.8, 4) is 0 Å². The molecule has 2 fully saturated rings. The molecule has 1 N–H and O–H groups in total. The Kier molecular flexibility index (Phi) is 7.13. The van der Waals surface area contributed by atoms with E-state index in [0.29, 0.717) is 69.7 Å². The third-order valence-corrected chi connectivity index (χ3v) is 7.60. The minimum atomic E-state index is -3.64. The Morgan fingerprint density at radius 3 is 2.39 bits per heavy atom. The molecule has 0 radical (unpaired) electrons. The molecule has 2 aromatic rings. The number of sulfonamides is 1. The number of anilines is 1. The molecule has 11 heteroatoms. The first-order valence-electron chi connectivity index (χ1n) is 10.9. The van der Waals surface area contributed by atoms with E-state index in [1.54, 1.807) is 36.1 Å². The van der Waals surface area contributed by atoms with E-state index in [2.05, 4.69) is 5.32 Å². The first-order chi connectivity index (χ1) is 15.8. The molecule has 3 heterocycles. The van der Waals surface area contributed by atoms with Crippen molar-refractivity contribution in [3.63, 3.8) is 0 Å². The fourth-order valence-corrected chi connectivity index (χ4v) is 5.34. The lowest BCUT2D eigenvalue weighted by Gasteiger charge is -2.33. The number of amides is 2. The standard InChI is InChI=1S/C22H28N4O6S/c1-17-5-6-20(32-17)22(28)25-9-7-24(8-10-25)16-21(27)23-18-3-2-4-19(15-18)33(29,30)26-11-13-31-14-12-26/h2-6,15H,7-14,16H2,1H3,(H,23,27). The molecule has 0 spiro atoms. The second-order valence-corrected chi connectivity index (χ2v) is 10.0. The number of nitrogens with one attached hydrogen (secondary N) is 1. The lowest BCUT2D eigenvalue weighted by molar-refractivity contribution is -0.117. The zero-order chi connectivity index (χ0) is 23.4. The first-order valence-corrected chi connectivity index (χ1v) is 12.3. The molecule has 0 unspecified atom stereocenters. The van der Waals surface area contributed by atoms with Gasteiger partial charge >= 0.3 is 0 Å². The lowest BCUT2D eigenvalue weighted by atomic mass is 10.2. The van der Waals surface area contributed by atoms with Gasteiger partial charge < -0.3 is 19.4 Å². The number of aryl methyl sites for hydroxylation is 1. The molecule has 178 valence electrons. The van der Waals surface area contributed by atoms with E-state index in [1.807, 2.05) is 4.90 Å². The lowest BCUT2D eigenvalue weighted by Crippen LogP contribution is -2.50. The van der Waals surface area contributed by atoms with E-state index < -0.39 is 10.0 Å². The highest BCUT2D eigenvalue weighted by Crippen LogP contribution is 2.21. The summed E-state index contributed by atoms with van der Waals surface area (Å²) in [6.07, 6.45) is 0. The van der Waals surface area contributed by atoms with Crippen molar-refractivity contribution in [2.75, 3.05) is 64.3 Å². The Bertz CT molecular complexity index is 1100. The molecule has 1 aromatic carbocycles. The Hall–Kier alpha value is -2.73. The van der Waals surface area contributed by atoms with E-state index in [-0.39, 0.29) is 23.3 Å². The van der Waals surface area contributed by atoms with Gasteiger partial charge in [0.05, 0.1) is 24.7 Å². The van der Waals surface area contributed by atoms with Crippen LogP contribution in [0.3, 0.4) is 0 Å². The average Bonchev–Trinajstić information content (AvgIpc) is 3.26. The highest BCUT2D eigenvalue weighted by molar-refractivity contribution is 7.89. The monoisotopic (exact) mass is 476 g/mol. The van der Waals surface area contributed by atoms with Crippen LogP contribution in [0.15, 0.2) is 45.7 Å². The Morgan fingerprint density at radius 2 is 1.73 bits per heavy atom. The van der Waals surface area contributed by atoms with Crippen LogP contribution in [0.2, 0.25) is 0 Å². The van der Waals surface area contributed by atoms with Gasteiger partial charge in [-0.05, 0) is 37.3 Å². The molecule has 4 rings (SSSR count). The summed E-state index contributed by atoms with van der Waals surface area (Å²) < 4.78 is 37.7. The number of ether oxygens (including phenoxy) is 1. The van der Waals surface area contributed by atoms with Gasteiger partial charge in [-0.15, -0.1) is 0 Å². The van der Waals surface area contributed by atoms with Crippen LogP contribution in [0, 0.1) is 6.92 Å². The van der Waals surface area contributed by atoms with Crippen LogP contribution in [0.4, 0.5) is 5.69 Å². The fourth-order valence-electron chi connectivity index (χ4n) is 3.89. The number of benzene rings is 1. The van der Waals surface area contributed by atoms with Gasteiger partial charge in [-0.2, -0.15) is 4.31 Å². The van der Waals surface area contributed by atoms with Gasteiger partial charge in [-0.25, -0.2) is 8.42 Å². The second kappa shape index (κ2) is 10.0. The number of piperazine rings is 1. The Morgan fingerprint density at radius 1 is 1.00 bits per heavy atom. The largest absolute Gasteiger partial charge is 0.456 e. The zero-order valence-electron chi connectivity index (χ0n) is 18.5. The summed E-state index contributed by atoms with van der Waals surface area (Å²) in [5.41, 5.74) is 0.427. The molecule has 0 saturated carbocycles. The number of nitrogens with zero attached hydrogens (tertiary/aromatic N) is 3. The van der Waals surface area contributed by atoms with E-state index >= 15 is 0 Å². The van der Waals surface area contributed by atoms with Crippen LogP contribution < -0.4 is 5.32 Å². The predicted octanol–water partition coefficient (Wildman–Crippen LogP) is 1.01. The number of rotatable bonds is 6. The maximum atomic E-state index is 12.8. The third-order valence-electron chi connectivity index (χ3n) is 5.70. The molecule has 0 bridgehead atoms. The van der Waals surface area contributed by atoms with Crippen molar-refractivity contribution in [2.24, 2.45) is 0 Å². The Balaban J connectivity index is 1.30. The van der Waals surface area contributed by atoms with Crippen LogP contribution >= 0.6 is 0 Å². The molecule has 1 aromatic heterocycles. The molecule has 2 amide bonds. The molecular formula is C22H28N4O6S. The summed E-state index contributed by atoms with van der Waals surface area (Å²) in [6, 6.07) is 9.71. The highest BCUT2D eigenvalue weighted by atomic mass is 32.2. The van der Waals surface area contributed by atoms with Crippen LogP contribution in [0.25, 0.3) is 0 Å². The van der Waals surface area contributed by atoms with Crippen LogP contribution in [-0.4, -0.2) is 93.4 Å². The quantitative estimate of drug-likeness (QED) is 0.662. The summed E-state index contributed by atoms with van der Waals surface area (Å²) in [6.45, 7) is 5.43. The Labute approximate surface area is 193 Å².